The first-order valence-electron chi connectivity index (χ1n) is 5.96. The predicted octanol–water partition coefficient (Wildman–Crippen LogP) is 1.67. The zero-order valence-electron chi connectivity index (χ0n) is 10.2. The lowest BCUT2D eigenvalue weighted by atomic mass is 10.1. The van der Waals surface area contributed by atoms with E-state index in [-0.39, 0.29) is 16.6 Å². The number of non-ortho nitro benzene ring substituents is 1. The summed E-state index contributed by atoms with van der Waals surface area (Å²) < 4.78 is 0. The molecule has 19 heavy (non-hydrogen) atoms. The van der Waals surface area contributed by atoms with Crippen LogP contribution in [0.3, 0.4) is 0 Å². The second-order valence-electron chi connectivity index (χ2n) is 4.56. The third kappa shape index (κ3) is 2.85. The minimum atomic E-state index is -0.541. The normalized spacial score (nSPS) is 18.6. The van der Waals surface area contributed by atoms with Crippen molar-refractivity contribution < 1.29 is 9.72 Å². The number of carbonyl (C=O) groups is 1. The monoisotopic (exact) mass is 283 g/mol. The average molecular weight is 284 g/mol. The molecule has 1 heterocycles. The molecule has 0 radical (unpaired) electrons. The lowest BCUT2D eigenvalue weighted by molar-refractivity contribution is -0.384. The number of hydrogen-bond acceptors (Lipinski definition) is 4. The van der Waals surface area contributed by atoms with Crippen LogP contribution < -0.4 is 5.73 Å². The number of hydrogen-bond donors (Lipinski definition) is 1. The number of likely N-dealkylation sites (tertiary alicyclic amines) is 1. The van der Waals surface area contributed by atoms with Gasteiger partial charge in [-0.3, -0.25) is 14.9 Å². The van der Waals surface area contributed by atoms with Gasteiger partial charge in [-0.15, -0.1) is 0 Å². The number of nitrogens with zero attached hydrogens (tertiary/aromatic N) is 2. The molecule has 0 saturated carbocycles. The van der Waals surface area contributed by atoms with Crippen LogP contribution in [-0.2, 0) is 0 Å². The Labute approximate surface area is 115 Å². The van der Waals surface area contributed by atoms with E-state index < -0.39 is 4.92 Å². The molecule has 1 aliphatic rings. The number of nitro groups is 1. The summed E-state index contributed by atoms with van der Waals surface area (Å²) in [6.45, 7) is 1.81. The Hall–Kier alpha value is -1.66. The van der Waals surface area contributed by atoms with Crippen molar-refractivity contribution in [2.45, 2.75) is 6.42 Å². The molecule has 1 fully saturated rings. The SMILES string of the molecule is NCC1CCN(C(=O)c2ccc([N+](=O)[O-])cc2Cl)C1. The van der Waals surface area contributed by atoms with E-state index >= 15 is 0 Å². The maximum Gasteiger partial charge on any atom is 0.270 e. The van der Waals surface area contributed by atoms with Crippen molar-refractivity contribution >= 4 is 23.2 Å². The smallest absolute Gasteiger partial charge is 0.270 e. The summed E-state index contributed by atoms with van der Waals surface area (Å²) >= 11 is 5.94. The van der Waals surface area contributed by atoms with Gasteiger partial charge in [0.05, 0.1) is 15.5 Å². The van der Waals surface area contributed by atoms with E-state index in [9.17, 15) is 14.9 Å². The van der Waals surface area contributed by atoms with Crippen molar-refractivity contribution in [2.75, 3.05) is 19.6 Å². The highest BCUT2D eigenvalue weighted by molar-refractivity contribution is 6.34. The molecule has 1 aliphatic heterocycles. The van der Waals surface area contributed by atoms with Crippen molar-refractivity contribution in [2.24, 2.45) is 11.7 Å². The van der Waals surface area contributed by atoms with Crippen LogP contribution >= 0.6 is 11.6 Å². The van der Waals surface area contributed by atoms with E-state index in [0.29, 0.717) is 31.1 Å². The third-order valence-electron chi connectivity index (χ3n) is 3.30. The fourth-order valence-electron chi connectivity index (χ4n) is 2.17. The van der Waals surface area contributed by atoms with Crippen LogP contribution in [-0.4, -0.2) is 35.4 Å². The van der Waals surface area contributed by atoms with Gasteiger partial charge in [0.2, 0.25) is 0 Å². The highest BCUT2D eigenvalue weighted by Gasteiger charge is 2.27. The van der Waals surface area contributed by atoms with Gasteiger partial charge in [0.15, 0.2) is 0 Å². The molecule has 1 aromatic carbocycles. The van der Waals surface area contributed by atoms with Gasteiger partial charge < -0.3 is 10.6 Å². The molecule has 0 spiro atoms. The van der Waals surface area contributed by atoms with Gasteiger partial charge in [0.1, 0.15) is 0 Å². The first-order valence-corrected chi connectivity index (χ1v) is 6.34. The van der Waals surface area contributed by atoms with Gasteiger partial charge in [-0.25, -0.2) is 0 Å². The van der Waals surface area contributed by atoms with Crippen molar-refractivity contribution in [1.82, 2.24) is 4.90 Å². The predicted molar refractivity (Wildman–Crippen MR) is 71.2 cm³/mol. The molecule has 1 amide bonds. The Bertz CT molecular complexity index is 521. The molecule has 1 atom stereocenters. The second-order valence-corrected chi connectivity index (χ2v) is 4.97. The minimum Gasteiger partial charge on any atom is -0.338 e. The average Bonchev–Trinajstić information content (AvgIpc) is 2.86. The lowest BCUT2D eigenvalue weighted by Crippen LogP contribution is -2.30. The molecule has 0 aliphatic carbocycles. The molecule has 102 valence electrons. The van der Waals surface area contributed by atoms with Crippen molar-refractivity contribution in [3.8, 4) is 0 Å². The van der Waals surface area contributed by atoms with Crippen LogP contribution in [0.1, 0.15) is 16.8 Å². The molecule has 1 unspecified atom stereocenters. The molecular weight excluding hydrogens is 270 g/mol. The molecular formula is C12H14ClN3O3. The second kappa shape index (κ2) is 5.54. The van der Waals surface area contributed by atoms with Crippen LogP contribution in [0.15, 0.2) is 18.2 Å². The zero-order valence-corrected chi connectivity index (χ0v) is 11.0. The number of amides is 1. The van der Waals surface area contributed by atoms with E-state index in [0.717, 1.165) is 6.42 Å². The standard InChI is InChI=1S/C12H14ClN3O3/c13-11-5-9(16(18)19)1-2-10(11)12(17)15-4-3-8(6-14)7-15/h1-2,5,8H,3-4,6-7,14H2. The molecule has 0 aromatic heterocycles. The Kier molecular flexibility index (Phi) is 4.01. The van der Waals surface area contributed by atoms with Gasteiger partial charge in [-0.2, -0.15) is 0 Å². The van der Waals surface area contributed by atoms with Gasteiger partial charge in [-0.1, -0.05) is 11.6 Å². The summed E-state index contributed by atoms with van der Waals surface area (Å²) in [6, 6.07) is 3.89. The van der Waals surface area contributed by atoms with Gasteiger partial charge in [0, 0.05) is 25.2 Å². The maximum atomic E-state index is 12.2. The Morgan fingerprint density at radius 3 is 2.84 bits per heavy atom. The first-order chi connectivity index (χ1) is 9.02. The van der Waals surface area contributed by atoms with Crippen molar-refractivity contribution in [3.05, 3.63) is 38.9 Å². The van der Waals surface area contributed by atoms with Crippen LogP contribution in [0.25, 0.3) is 0 Å². The van der Waals surface area contributed by atoms with E-state index in [2.05, 4.69) is 0 Å². The first kappa shape index (κ1) is 13.8. The summed E-state index contributed by atoms with van der Waals surface area (Å²) in [6.07, 6.45) is 0.882. The van der Waals surface area contributed by atoms with E-state index in [4.69, 9.17) is 17.3 Å². The number of nitro benzene ring substituents is 1. The number of nitrogens with two attached hydrogens (primary N) is 1. The molecule has 7 heteroatoms. The minimum absolute atomic E-state index is 0.107. The van der Waals surface area contributed by atoms with Crippen LogP contribution in [0.4, 0.5) is 5.69 Å². The topological polar surface area (TPSA) is 89.5 Å². The molecule has 6 nitrogen and oxygen atoms in total. The summed E-state index contributed by atoms with van der Waals surface area (Å²) in [5.41, 5.74) is 5.75. The summed E-state index contributed by atoms with van der Waals surface area (Å²) in [5.74, 6) is 0.122. The van der Waals surface area contributed by atoms with E-state index in [1.54, 1.807) is 4.90 Å². The van der Waals surface area contributed by atoms with Gasteiger partial charge >= 0.3 is 0 Å². The van der Waals surface area contributed by atoms with Gasteiger partial charge in [0.25, 0.3) is 11.6 Å². The quantitative estimate of drug-likeness (QED) is 0.675. The fourth-order valence-corrected chi connectivity index (χ4v) is 2.43. The zero-order chi connectivity index (χ0) is 14.0. The summed E-state index contributed by atoms with van der Waals surface area (Å²) in [5, 5.41) is 10.7. The molecule has 0 bridgehead atoms. The molecule has 1 saturated heterocycles. The van der Waals surface area contributed by atoms with E-state index in [1.165, 1.54) is 18.2 Å². The maximum absolute atomic E-state index is 12.2. The van der Waals surface area contributed by atoms with Crippen LogP contribution in [0.2, 0.25) is 5.02 Å². The Balaban J connectivity index is 2.18. The van der Waals surface area contributed by atoms with Crippen molar-refractivity contribution in [1.29, 1.82) is 0 Å². The number of rotatable bonds is 3. The Morgan fingerprint density at radius 1 is 1.58 bits per heavy atom. The van der Waals surface area contributed by atoms with Gasteiger partial charge in [-0.05, 0) is 24.9 Å². The van der Waals surface area contributed by atoms with Crippen molar-refractivity contribution in [3.63, 3.8) is 0 Å². The largest absolute Gasteiger partial charge is 0.338 e. The molecule has 2 rings (SSSR count). The number of benzene rings is 1. The van der Waals surface area contributed by atoms with E-state index in [1.807, 2.05) is 0 Å². The lowest BCUT2D eigenvalue weighted by Gasteiger charge is -2.16. The molecule has 2 N–H and O–H groups in total. The number of halogens is 1. The highest BCUT2D eigenvalue weighted by atomic mass is 35.5. The van der Waals surface area contributed by atoms with Crippen LogP contribution in [0, 0.1) is 16.0 Å². The summed E-state index contributed by atoms with van der Waals surface area (Å²) in [4.78, 5) is 24.0. The highest BCUT2D eigenvalue weighted by Crippen LogP contribution is 2.25. The summed E-state index contributed by atoms with van der Waals surface area (Å²) in [7, 11) is 0. The van der Waals surface area contributed by atoms with Crippen LogP contribution in [0.5, 0.6) is 0 Å². The molecule has 1 aromatic rings. The fraction of sp³-hybridized carbons (Fsp3) is 0.417. The Morgan fingerprint density at radius 2 is 2.32 bits per heavy atom. The number of carbonyl (C=O) groups excluding carboxylic acids is 1. The third-order valence-corrected chi connectivity index (χ3v) is 3.61.